The van der Waals surface area contributed by atoms with Crippen molar-refractivity contribution in [2.45, 2.75) is 25.9 Å². The molecule has 1 aromatic heterocycles. The number of likely N-dealkylation sites (tertiary alicyclic amines) is 1. The minimum atomic E-state index is -0.684. The molecule has 2 heterocycles. The Kier molecular flexibility index (Phi) is 4.79. The quantitative estimate of drug-likeness (QED) is 0.796. The molecule has 148 valence electrons. The third-order valence-electron chi connectivity index (χ3n) is 5.88. The van der Waals surface area contributed by atoms with Crippen molar-refractivity contribution in [3.8, 4) is 11.5 Å². The van der Waals surface area contributed by atoms with Crippen LogP contribution in [0.1, 0.15) is 30.3 Å². The Hall–Kier alpha value is -2.54. The number of carbonyl (C=O) groups excluding carboxylic acids is 1. The molecular weight excluding hydrogens is 366 g/mol. The van der Waals surface area contributed by atoms with Gasteiger partial charge in [0.05, 0.1) is 18.8 Å². The van der Waals surface area contributed by atoms with E-state index in [9.17, 15) is 18.7 Å². The maximum Gasteiger partial charge on any atom is 0.195 e. The van der Waals surface area contributed by atoms with Crippen molar-refractivity contribution >= 4 is 5.78 Å². The largest absolute Gasteiger partial charge is 0.506 e. The highest BCUT2D eigenvalue weighted by molar-refractivity contribution is 5.95. The number of pyridine rings is 1. The first kappa shape index (κ1) is 18.8. The summed E-state index contributed by atoms with van der Waals surface area (Å²) in [4.78, 5) is 18.5. The summed E-state index contributed by atoms with van der Waals surface area (Å²) in [5.41, 5.74) is 0.331. The van der Waals surface area contributed by atoms with Gasteiger partial charge in [0, 0.05) is 19.2 Å². The van der Waals surface area contributed by atoms with Crippen LogP contribution in [0, 0.1) is 23.0 Å². The first-order chi connectivity index (χ1) is 13.3. The normalized spacial score (nSPS) is 27.0. The van der Waals surface area contributed by atoms with Gasteiger partial charge >= 0.3 is 0 Å². The molecule has 1 aliphatic heterocycles. The minimum absolute atomic E-state index is 0.0101. The topological polar surface area (TPSA) is 62.7 Å². The molecule has 4 rings (SSSR count). The van der Waals surface area contributed by atoms with Crippen LogP contribution in [0.25, 0.3) is 0 Å². The highest BCUT2D eigenvalue weighted by atomic mass is 19.1. The molecule has 5 nitrogen and oxygen atoms in total. The van der Waals surface area contributed by atoms with E-state index in [0.717, 1.165) is 32.0 Å². The molecule has 0 spiro atoms. The summed E-state index contributed by atoms with van der Waals surface area (Å²) >= 11 is 0. The molecule has 1 aromatic carbocycles. The van der Waals surface area contributed by atoms with Crippen LogP contribution in [0.2, 0.25) is 0 Å². The number of ether oxygens (including phenoxy) is 1. The monoisotopic (exact) mass is 388 g/mol. The van der Waals surface area contributed by atoms with Gasteiger partial charge in [-0.15, -0.1) is 0 Å². The van der Waals surface area contributed by atoms with Gasteiger partial charge in [-0.3, -0.25) is 9.69 Å². The summed E-state index contributed by atoms with van der Waals surface area (Å²) in [7, 11) is 0. The van der Waals surface area contributed by atoms with Crippen molar-refractivity contribution in [3.05, 3.63) is 53.9 Å². The van der Waals surface area contributed by atoms with E-state index >= 15 is 0 Å². The van der Waals surface area contributed by atoms with Crippen molar-refractivity contribution in [2.75, 3.05) is 19.6 Å². The second kappa shape index (κ2) is 7.13. The lowest BCUT2D eigenvalue weighted by atomic mass is 9.83. The summed E-state index contributed by atoms with van der Waals surface area (Å²) in [6, 6.07) is 6.34. The molecule has 0 unspecified atom stereocenters. The minimum Gasteiger partial charge on any atom is -0.506 e. The molecule has 3 atom stereocenters. The SMILES string of the molecule is C[C@]12C[C@H](Oc3ccc(F)cc3F)C[C@H]1CN(CC(=O)c1ccc(O)cn1)C2. The number of aromatic nitrogens is 1. The van der Waals surface area contributed by atoms with Crippen molar-refractivity contribution in [2.24, 2.45) is 11.3 Å². The highest BCUT2D eigenvalue weighted by Crippen LogP contribution is 2.49. The van der Waals surface area contributed by atoms with Crippen molar-refractivity contribution in [1.82, 2.24) is 9.88 Å². The summed E-state index contributed by atoms with van der Waals surface area (Å²) in [6.45, 7) is 3.98. The molecule has 0 bridgehead atoms. The van der Waals surface area contributed by atoms with Crippen LogP contribution in [-0.4, -0.2) is 46.5 Å². The number of aromatic hydroxyl groups is 1. The average Bonchev–Trinajstić information content (AvgIpc) is 3.08. The lowest BCUT2D eigenvalue weighted by molar-refractivity contribution is 0.0925. The van der Waals surface area contributed by atoms with Crippen LogP contribution < -0.4 is 4.74 Å². The van der Waals surface area contributed by atoms with E-state index in [2.05, 4.69) is 16.8 Å². The number of fused-ring (bicyclic) bond motifs is 1. The number of benzene rings is 1. The highest BCUT2D eigenvalue weighted by Gasteiger charge is 2.50. The fraction of sp³-hybridized carbons (Fsp3) is 0.429. The zero-order valence-corrected chi connectivity index (χ0v) is 15.6. The van der Waals surface area contributed by atoms with Crippen LogP contribution in [-0.2, 0) is 0 Å². The van der Waals surface area contributed by atoms with Crippen molar-refractivity contribution in [3.63, 3.8) is 0 Å². The Morgan fingerprint density at radius 3 is 2.86 bits per heavy atom. The predicted molar refractivity (Wildman–Crippen MR) is 98.3 cm³/mol. The number of Topliss-reactive ketones (excluding diaryl/α,β-unsaturated/α-hetero) is 1. The van der Waals surface area contributed by atoms with E-state index in [1.807, 2.05) is 0 Å². The summed E-state index contributed by atoms with van der Waals surface area (Å²) in [5.74, 6) is -0.922. The van der Waals surface area contributed by atoms with Gasteiger partial charge < -0.3 is 9.84 Å². The van der Waals surface area contributed by atoms with Gasteiger partial charge in [0.2, 0.25) is 0 Å². The summed E-state index contributed by atoms with van der Waals surface area (Å²) in [6.07, 6.45) is 2.68. The van der Waals surface area contributed by atoms with Gasteiger partial charge in [0.15, 0.2) is 17.3 Å². The van der Waals surface area contributed by atoms with Crippen LogP contribution >= 0.6 is 0 Å². The number of rotatable bonds is 5. The Labute approximate surface area is 162 Å². The first-order valence-electron chi connectivity index (χ1n) is 9.35. The third-order valence-corrected chi connectivity index (χ3v) is 5.88. The van der Waals surface area contributed by atoms with E-state index in [4.69, 9.17) is 4.74 Å². The molecule has 2 aromatic rings. The van der Waals surface area contributed by atoms with Crippen molar-refractivity contribution in [1.29, 1.82) is 0 Å². The number of hydrogen-bond donors (Lipinski definition) is 1. The zero-order valence-electron chi connectivity index (χ0n) is 15.6. The van der Waals surface area contributed by atoms with Gasteiger partial charge in [0.25, 0.3) is 0 Å². The Balaban J connectivity index is 1.35. The van der Waals surface area contributed by atoms with Crippen LogP contribution in [0.3, 0.4) is 0 Å². The molecule has 7 heteroatoms. The van der Waals surface area contributed by atoms with E-state index in [1.165, 1.54) is 30.5 Å². The second-order valence-electron chi connectivity index (χ2n) is 8.10. The van der Waals surface area contributed by atoms with Gasteiger partial charge in [-0.05, 0) is 48.4 Å². The van der Waals surface area contributed by atoms with E-state index in [-0.39, 0.29) is 35.3 Å². The molecule has 1 N–H and O–H groups in total. The second-order valence-corrected chi connectivity index (χ2v) is 8.10. The maximum atomic E-state index is 13.8. The third kappa shape index (κ3) is 3.71. The molecule has 1 saturated heterocycles. The molecule has 2 aliphatic rings. The number of carbonyl (C=O) groups is 1. The molecule has 0 amide bonds. The lowest BCUT2D eigenvalue weighted by Crippen LogP contribution is -2.32. The Morgan fingerprint density at radius 2 is 2.18 bits per heavy atom. The first-order valence-corrected chi connectivity index (χ1v) is 9.35. The van der Waals surface area contributed by atoms with Crippen molar-refractivity contribution < 1.29 is 23.4 Å². The molecule has 28 heavy (non-hydrogen) atoms. The van der Waals surface area contributed by atoms with Crippen LogP contribution in [0.4, 0.5) is 8.78 Å². The summed E-state index contributed by atoms with van der Waals surface area (Å²) < 4.78 is 32.7. The van der Waals surface area contributed by atoms with Crippen LogP contribution in [0.5, 0.6) is 11.5 Å². The molecular formula is C21H22F2N2O3. The average molecular weight is 388 g/mol. The summed E-state index contributed by atoms with van der Waals surface area (Å²) in [5, 5.41) is 9.29. The van der Waals surface area contributed by atoms with E-state index < -0.39 is 11.6 Å². The molecule has 2 fully saturated rings. The lowest BCUT2D eigenvalue weighted by Gasteiger charge is -2.24. The zero-order chi connectivity index (χ0) is 19.9. The molecule has 1 aliphatic carbocycles. The fourth-order valence-electron chi connectivity index (χ4n) is 4.54. The van der Waals surface area contributed by atoms with E-state index in [0.29, 0.717) is 11.6 Å². The van der Waals surface area contributed by atoms with Crippen LogP contribution in [0.15, 0.2) is 36.5 Å². The van der Waals surface area contributed by atoms with Gasteiger partial charge in [-0.2, -0.15) is 0 Å². The standard InChI is InChI=1S/C21H22F2N2O3/c1-21-8-16(28-20-5-2-14(22)7-17(20)23)6-13(21)10-25(12-21)11-19(27)18-4-3-15(26)9-24-18/h2-5,7,9,13,16,26H,6,8,10-12H2,1H3/t13-,16+,21+/m0/s1. The van der Waals surface area contributed by atoms with Gasteiger partial charge in [-0.25, -0.2) is 13.8 Å². The van der Waals surface area contributed by atoms with E-state index in [1.54, 1.807) is 0 Å². The maximum absolute atomic E-state index is 13.8. The van der Waals surface area contributed by atoms with Gasteiger partial charge in [0.1, 0.15) is 17.3 Å². The number of ketones is 1. The predicted octanol–water partition coefficient (Wildman–Crippen LogP) is 3.43. The fourth-order valence-corrected chi connectivity index (χ4v) is 4.54. The smallest absolute Gasteiger partial charge is 0.195 e. The number of halogens is 2. The molecule has 1 saturated carbocycles. The van der Waals surface area contributed by atoms with Gasteiger partial charge in [-0.1, -0.05) is 6.92 Å². The Morgan fingerprint density at radius 1 is 1.36 bits per heavy atom. The Bertz CT molecular complexity index is 890. The molecule has 0 radical (unpaired) electrons. The number of hydrogen-bond acceptors (Lipinski definition) is 5. The number of nitrogens with zero attached hydrogens (tertiary/aromatic N) is 2.